The molecule has 0 bridgehead atoms. The number of nitrogens with zero attached hydrogens (tertiary/aromatic N) is 3. The van der Waals surface area contributed by atoms with Crippen LogP contribution in [0.1, 0.15) is 24.0 Å². The molecule has 1 fully saturated rings. The molecule has 0 spiro atoms. The number of aromatic nitrogens is 2. The molecule has 33 heavy (non-hydrogen) atoms. The zero-order valence-corrected chi connectivity index (χ0v) is 19.5. The fourth-order valence-electron chi connectivity index (χ4n) is 3.51. The predicted octanol–water partition coefficient (Wildman–Crippen LogP) is 3.76. The van der Waals surface area contributed by atoms with Crippen LogP contribution in [0.2, 0.25) is 0 Å². The molecule has 0 radical (unpaired) electrons. The third kappa shape index (κ3) is 5.13. The first-order chi connectivity index (χ1) is 16.0. The maximum absolute atomic E-state index is 13.3. The van der Waals surface area contributed by atoms with E-state index in [-0.39, 0.29) is 23.1 Å². The highest BCUT2D eigenvalue weighted by molar-refractivity contribution is 9.10. The van der Waals surface area contributed by atoms with Gasteiger partial charge in [-0.2, -0.15) is 10.2 Å². The maximum atomic E-state index is 13.3. The first-order valence-electron chi connectivity index (χ1n) is 10.4. The van der Waals surface area contributed by atoms with Crippen molar-refractivity contribution in [2.75, 3.05) is 13.2 Å². The summed E-state index contributed by atoms with van der Waals surface area (Å²) in [5.74, 6) is -0.119. The molecular weight excluding hydrogens is 488 g/mol. The van der Waals surface area contributed by atoms with Crippen molar-refractivity contribution in [1.29, 1.82) is 5.26 Å². The van der Waals surface area contributed by atoms with Gasteiger partial charge in [-0.1, -0.05) is 22.0 Å². The second kappa shape index (κ2) is 9.98. The van der Waals surface area contributed by atoms with Crippen LogP contribution in [0.15, 0.2) is 57.4 Å². The van der Waals surface area contributed by atoms with E-state index in [1.165, 1.54) is 10.5 Å². The van der Waals surface area contributed by atoms with Crippen molar-refractivity contribution >= 4 is 33.6 Å². The summed E-state index contributed by atoms with van der Waals surface area (Å²) in [5.41, 5.74) is 0.536. The number of carbonyl (C=O) groups is 1. The maximum Gasteiger partial charge on any atom is 0.269 e. The van der Waals surface area contributed by atoms with Crippen LogP contribution in [0, 0.1) is 18.3 Å². The predicted molar refractivity (Wildman–Crippen MR) is 126 cm³/mol. The first-order valence-corrected chi connectivity index (χ1v) is 11.2. The molecule has 2 aromatic heterocycles. The van der Waals surface area contributed by atoms with Crippen LogP contribution in [-0.2, 0) is 9.53 Å². The standard InChI is InChI=1S/C24H21BrN4O4/c1-15-4-2-10-29-21(15)28-23(33-18-8-6-17(25)7-9-18)20(24(29)31)12-16(13-26)22(30)27-14-19-5-3-11-32-19/h2,4,6-10,12,19H,3,5,11,14H2,1H3,(H,27,30). The number of hydrogen-bond donors (Lipinski definition) is 1. The number of nitrogens with one attached hydrogen (secondary N) is 1. The van der Waals surface area contributed by atoms with Gasteiger partial charge in [-0.15, -0.1) is 0 Å². The Morgan fingerprint density at radius 3 is 2.88 bits per heavy atom. The van der Waals surface area contributed by atoms with Gasteiger partial charge in [-0.05, 0) is 61.7 Å². The topological polar surface area (TPSA) is 106 Å². The summed E-state index contributed by atoms with van der Waals surface area (Å²) in [4.78, 5) is 30.5. The fraction of sp³-hybridized carbons (Fsp3) is 0.250. The number of carbonyl (C=O) groups excluding carboxylic acids is 1. The van der Waals surface area contributed by atoms with Crippen molar-refractivity contribution in [1.82, 2.24) is 14.7 Å². The SMILES string of the molecule is Cc1cccn2c(=O)c(C=C(C#N)C(=O)NCC3CCCO3)c(Oc3ccc(Br)cc3)nc12. The molecule has 3 heterocycles. The Hall–Kier alpha value is -3.48. The van der Waals surface area contributed by atoms with Crippen LogP contribution in [0.3, 0.4) is 0 Å². The molecule has 0 saturated carbocycles. The van der Waals surface area contributed by atoms with E-state index in [0.29, 0.717) is 24.5 Å². The van der Waals surface area contributed by atoms with Crippen LogP contribution >= 0.6 is 15.9 Å². The minimum atomic E-state index is -0.587. The Labute approximate surface area is 198 Å². The Kier molecular flexibility index (Phi) is 6.87. The lowest BCUT2D eigenvalue weighted by atomic mass is 10.1. The summed E-state index contributed by atoms with van der Waals surface area (Å²) in [7, 11) is 0. The average molecular weight is 509 g/mol. The number of aryl methyl sites for hydroxylation is 1. The van der Waals surface area contributed by atoms with E-state index in [2.05, 4.69) is 26.2 Å². The molecule has 8 nitrogen and oxygen atoms in total. The van der Waals surface area contributed by atoms with E-state index in [0.717, 1.165) is 22.9 Å². The molecule has 4 rings (SSSR count). The van der Waals surface area contributed by atoms with Gasteiger partial charge in [0, 0.05) is 23.8 Å². The number of halogens is 1. The molecule has 1 unspecified atom stereocenters. The van der Waals surface area contributed by atoms with E-state index in [1.54, 1.807) is 36.5 Å². The normalized spacial score (nSPS) is 15.9. The highest BCUT2D eigenvalue weighted by Gasteiger charge is 2.20. The van der Waals surface area contributed by atoms with Crippen molar-refractivity contribution < 1.29 is 14.3 Å². The van der Waals surface area contributed by atoms with Gasteiger partial charge in [0.15, 0.2) is 0 Å². The largest absolute Gasteiger partial charge is 0.438 e. The third-order valence-corrected chi connectivity index (χ3v) is 5.77. The summed E-state index contributed by atoms with van der Waals surface area (Å²) in [6.45, 7) is 2.80. The molecule has 9 heteroatoms. The van der Waals surface area contributed by atoms with Crippen LogP contribution in [0.25, 0.3) is 11.7 Å². The first kappa shape index (κ1) is 22.7. The van der Waals surface area contributed by atoms with E-state index < -0.39 is 11.5 Å². The molecule has 1 aromatic carbocycles. The molecule has 1 amide bonds. The molecule has 0 aliphatic carbocycles. The van der Waals surface area contributed by atoms with Crippen LogP contribution < -0.4 is 15.6 Å². The number of amides is 1. The number of hydrogen-bond acceptors (Lipinski definition) is 6. The molecule has 168 valence electrons. The van der Waals surface area contributed by atoms with Gasteiger partial charge in [0.1, 0.15) is 28.6 Å². The summed E-state index contributed by atoms with van der Waals surface area (Å²) in [6, 6.07) is 12.5. The number of benzene rings is 1. The smallest absolute Gasteiger partial charge is 0.269 e. The highest BCUT2D eigenvalue weighted by Crippen LogP contribution is 2.26. The van der Waals surface area contributed by atoms with E-state index in [1.807, 2.05) is 19.1 Å². The molecule has 1 atom stereocenters. The van der Waals surface area contributed by atoms with Crippen molar-refractivity contribution in [3.8, 4) is 17.7 Å². The Bertz CT molecular complexity index is 1320. The Morgan fingerprint density at radius 2 is 2.18 bits per heavy atom. The monoisotopic (exact) mass is 508 g/mol. The van der Waals surface area contributed by atoms with Crippen LogP contribution in [-0.4, -0.2) is 34.5 Å². The zero-order chi connectivity index (χ0) is 23.4. The number of fused-ring (bicyclic) bond motifs is 1. The second-order valence-electron chi connectivity index (χ2n) is 7.59. The number of nitriles is 1. The quantitative estimate of drug-likeness (QED) is 0.401. The summed E-state index contributed by atoms with van der Waals surface area (Å²) in [6.07, 6.45) is 4.54. The van der Waals surface area contributed by atoms with Crippen molar-refractivity contribution in [3.05, 3.63) is 74.1 Å². The number of rotatable bonds is 6. The van der Waals surface area contributed by atoms with Gasteiger partial charge >= 0.3 is 0 Å². The summed E-state index contributed by atoms with van der Waals surface area (Å²) in [5, 5.41) is 12.3. The van der Waals surface area contributed by atoms with Gasteiger partial charge in [-0.25, -0.2) is 0 Å². The lowest BCUT2D eigenvalue weighted by Crippen LogP contribution is -2.32. The van der Waals surface area contributed by atoms with Gasteiger partial charge in [0.2, 0.25) is 5.88 Å². The average Bonchev–Trinajstić information content (AvgIpc) is 3.33. The second-order valence-corrected chi connectivity index (χ2v) is 8.51. The van der Waals surface area contributed by atoms with E-state index in [9.17, 15) is 14.9 Å². The molecule has 1 saturated heterocycles. The minimum Gasteiger partial charge on any atom is -0.438 e. The van der Waals surface area contributed by atoms with Crippen molar-refractivity contribution in [3.63, 3.8) is 0 Å². The van der Waals surface area contributed by atoms with Gasteiger partial charge in [-0.3, -0.25) is 14.0 Å². The van der Waals surface area contributed by atoms with Crippen LogP contribution in [0.4, 0.5) is 0 Å². The lowest BCUT2D eigenvalue weighted by Gasteiger charge is -2.12. The van der Waals surface area contributed by atoms with E-state index in [4.69, 9.17) is 9.47 Å². The van der Waals surface area contributed by atoms with Gasteiger partial charge < -0.3 is 14.8 Å². The molecular formula is C24H21BrN4O4. The van der Waals surface area contributed by atoms with Gasteiger partial charge in [0.05, 0.1) is 6.10 Å². The molecule has 3 aromatic rings. The third-order valence-electron chi connectivity index (χ3n) is 5.25. The Morgan fingerprint density at radius 1 is 1.39 bits per heavy atom. The van der Waals surface area contributed by atoms with Crippen LogP contribution in [0.5, 0.6) is 11.6 Å². The minimum absolute atomic E-state index is 0.00448. The molecule has 1 aliphatic rings. The number of pyridine rings is 1. The fourth-order valence-corrected chi connectivity index (χ4v) is 3.77. The van der Waals surface area contributed by atoms with Crippen molar-refractivity contribution in [2.45, 2.75) is 25.9 Å². The van der Waals surface area contributed by atoms with Crippen molar-refractivity contribution in [2.24, 2.45) is 0 Å². The molecule has 1 aliphatic heterocycles. The zero-order valence-electron chi connectivity index (χ0n) is 17.9. The molecule has 1 N–H and O–H groups in total. The number of ether oxygens (including phenoxy) is 2. The lowest BCUT2D eigenvalue weighted by molar-refractivity contribution is -0.117. The van der Waals surface area contributed by atoms with E-state index >= 15 is 0 Å². The van der Waals surface area contributed by atoms with Gasteiger partial charge in [0.25, 0.3) is 11.5 Å². The Balaban J connectivity index is 1.75. The highest BCUT2D eigenvalue weighted by atomic mass is 79.9. The summed E-state index contributed by atoms with van der Waals surface area (Å²) >= 11 is 3.37. The summed E-state index contributed by atoms with van der Waals surface area (Å²) < 4.78 is 13.7.